The van der Waals surface area contributed by atoms with Crippen LogP contribution in [0.3, 0.4) is 0 Å². The largest absolute Gasteiger partial charge is 0.399 e. The lowest BCUT2D eigenvalue weighted by Crippen LogP contribution is -2.50. The van der Waals surface area contributed by atoms with Crippen LogP contribution < -0.4 is 0 Å². The first kappa shape index (κ1) is 14.5. The molecule has 1 aliphatic rings. The van der Waals surface area contributed by atoms with Crippen molar-refractivity contribution in [2.75, 3.05) is 7.11 Å². The summed E-state index contributed by atoms with van der Waals surface area (Å²) in [7, 11) is 1.40. The predicted molar refractivity (Wildman–Crippen MR) is 66.2 cm³/mol. The van der Waals surface area contributed by atoms with E-state index < -0.39 is 23.0 Å². The molecule has 5 heteroatoms. The van der Waals surface area contributed by atoms with E-state index in [2.05, 4.69) is 9.99 Å². The second kappa shape index (κ2) is 5.00. The Labute approximate surface area is 107 Å². The Bertz CT molecular complexity index is 423. The maximum Gasteiger partial charge on any atom is 0.160 e. The fourth-order valence-electron chi connectivity index (χ4n) is 2.76. The number of Topliss-reactive ketones (excluding diaryl/α,β-unsaturated/α-hetero) is 3. The summed E-state index contributed by atoms with van der Waals surface area (Å²) in [4.78, 5) is 40.3. The van der Waals surface area contributed by atoms with Crippen molar-refractivity contribution in [3.63, 3.8) is 0 Å². The highest BCUT2D eigenvalue weighted by atomic mass is 16.6. The summed E-state index contributed by atoms with van der Waals surface area (Å²) < 4.78 is 0. The zero-order valence-corrected chi connectivity index (χ0v) is 11.4. The van der Waals surface area contributed by atoms with Crippen molar-refractivity contribution in [2.24, 2.45) is 22.4 Å². The third-order valence-electron chi connectivity index (χ3n) is 3.36. The number of nitrogens with zero attached hydrogens (tertiary/aromatic N) is 1. The Morgan fingerprint density at radius 3 is 2.33 bits per heavy atom. The number of oxime groups is 1. The van der Waals surface area contributed by atoms with E-state index in [1.807, 2.05) is 13.8 Å². The predicted octanol–water partition coefficient (Wildman–Crippen LogP) is 1.40. The molecule has 0 aliphatic heterocycles. The molecule has 18 heavy (non-hydrogen) atoms. The minimum atomic E-state index is -1.13. The molecule has 0 bridgehead atoms. The smallest absolute Gasteiger partial charge is 0.160 e. The highest BCUT2D eigenvalue weighted by Crippen LogP contribution is 2.40. The lowest BCUT2D eigenvalue weighted by Gasteiger charge is -2.38. The second-order valence-electron chi connectivity index (χ2n) is 5.43. The summed E-state index contributed by atoms with van der Waals surface area (Å²) in [6.45, 7) is 6.62. The van der Waals surface area contributed by atoms with Crippen LogP contribution in [0.25, 0.3) is 0 Å². The number of ketones is 3. The van der Waals surface area contributed by atoms with E-state index in [0.717, 1.165) is 0 Å². The second-order valence-corrected chi connectivity index (χ2v) is 5.43. The Balaban J connectivity index is 3.21. The Morgan fingerprint density at radius 2 is 1.89 bits per heavy atom. The molecule has 0 spiro atoms. The number of carbonyl (C=O) groups is 3. The van der Waals surface area contributed by atoms with Gasteiger partial charge in [-0.15, -0.1) is 0 Å². The lowest BCUT2D eigenvalue weighted by atomic mass is 9.62. The number of hydrogen-bond donors (Lipinski definition) is 0. The van der Waals surface area contributed by atoms with Crippen LogP contribution in [0.4, 0.5) is 0 Å². The van der Waals surface area contributed by atoms with Crippen LogP contribution in [0.2, 0.25) is 0 Å². The standard InChI is InChI=1S/C13H19NO4/c1-7(14-18-5)11-12(17)10(8(2)15)9(16)6-13(11,3)4/h10-11H,6H2,1-5H3. The molecule has 0 saturated heterocycles. The Kier molecular flexibility index (Phi) is 4.04. The summed E-state index contributed by atoms with van der Waals surface area (Å²) >= 11 is 0. The van der Waals surface area contributed by atoms with Gasteiger partial charge < -0.3 is 4.84 Å². The van der Waals surface area contributed by atoms with Gasteiger partial charge in [-0.3, -0.25) is 14.4 Å². The van der Waals surface area contributed by atoms with E-state index in [4.69, 9.17) is 0 Å². The SMILES string of the molecule is CON=C(C)C1C(=O)C(C(C)=O)C(=O)CC1(C)C. The van der Waals surface area contributed by atoms with Gasteiger partial charge in [-0.2, -0.15) is 0 Å². The molecule has 1 aliphatic carbocycles. The topological polar surface area (TPSA) is 72.8 Å². The Hall–Kier alpha value is -1.52. The number of rotatable bonds is 3. The first-order valence-corrected chi connectivity index (χ1v) is 5.87. The van der Waals surface area contributed by atoms with Gasteiger partial charge in [0.2, 0.25) is 0 Å². The molecule has 0 radical (unpaired) electrons. The van der Waals surface area contributed by atoms with E-state index in [-0.39, 0.29) is 18.0 Å². The van der Waals surface area contributed by atoms with E-state index in [1.54, 1.807) is 6.92 Å². The Morgan fingerprint density at radius 1 is 1.33 bits per heavy atom. The van der Waals surface area contributed by atoms with E-state index in [9.17, 15) is 14.4 Å². The summed E-state index contributed by atoms with van der Waals surface area (Å²) in [5.74, 6) is -2.73. The molecule has 2 unspecified atom stereocenters. The van der Waals surface area contributed by atoms with Gasteiger partial charge in [0, 0.05) is 6.42 Å². The summed E-state index contributed by atoms with van der Waals surface area (Å²) in [5.41, 5.74) is -0.0297. The summed E-state index contributed by atoms with van der Waals surface area (Å²) in [5, 5.41) is 3.79. The van der Waals surface area contributed by atoms with Crippen molar-refractivity contribution in [3.8, 4) is 0 Å². The monoisotopic (exact) mass is 253 g/mol. The highest BCUT2D eigenvalue weighted by Gasteiger charge is 2.50. The molecular formula is C13H19NO4. The van der Waals surface area contributed by atoms with Crippen molar-refractivity contribution < 1.29 is 19.2 Å². The normalized spacial score (nSPS) is 28.2. The first-order valence-electron chi connectivity index (χ1n) is 5.87. The van der Waals surface area contributed by atoms with Crippen LogP contribution in [0.15, 0.2) is 5.16 Å². The van der Waals surface area contributed by atoms with Crippen LogP contribution in [-0.2, 0) is 19.2 Å². The maximum atomic E-state index is 12.3. The molecule has 1 saturated carbocycles. The minimum absolute atomic E-state index is 0.199. The molecule has 1 rings (SSSR count). The van der Waals surface area contributed by atoms with E-state index in [1.165, 1.54) is 14.0 Å². The fourth-order valence-corrected chi connectivity index (χ4v) is 2.76. The van der Waals surface area contributed by atoms with Crippen molar-refractivity contribution in [1.82, 2.24) is 0 Å². The van der Waals surface area contributed by atoms with Crippen molar-refractivity contribution in [1.29, 1.82) is 0 Å². The van der Waals surface area contributed by atoms with Gasteiger partial charge in [0.15, 0.2) is 11.6 Å². The maximum absolute atomic E-state index is 12.3. The average Bonchev–Trinajstić information content (AvgIpc) is 2.13. The quantitative estimate of drug-likeness (QED) is 0.433. The molecule has 0 amide bonds. The van der Waals surface area contributed by atoms with Gasteiger partial charge in [-0.05, 0) is 19.3 Å². The minimum Gasteiger partial charge on any atom is -0.399 e. The average molecular weight is 253 g/mol. The third kappa shape index (κ3) is 2.49. The zero-order chi connectivity index (χ0) is 14.1. The molecular weight excluding hydrogens is 234 g/mol. The van der Waals surface area contributed by atoms with Crippen molar-refractivity contribution >= 4 is 23.1 Å². The summed E-state index contributed by atoms with van der Waals surface area (Å²) in [6, 6.07) is 0. The van der Waals surface area contributed by atoms with Crippen LogP contribution in [-0.4, -0.2) is 30.2 Å². The fraction of sp³-hybridized carbons (Fsp3) is 0.692. The van der Waals surface area contributed by atoms with E-state index >= 15 is 0 Å². The molecule has 0 aromatic rings. The lowest BCUT2D eigenvalue weighted by molar-refractivity contribution is -0.146. The van der Waals surface area contributed by atoms with Crippen molar-refractivity contribution in [2.45, 2.75) is 34.1 Å². The van der Waals surface area contributed by atoms with Gasteiger partial charge in [0.1, 0.15) is 18.8 Å². The van der Waals surface area contributed by atoms with Gasteiger partial charge >= 0.3 is 0 Å². The molecule has 0 N–H and O–H groups in total. The van der Waals surface area contributed by atoms with Crippen LogP contribution in [0, 0.1) is 17.3 Å². The third-order valence-corrected chi connectivity index (χ3v) is 3.36. The van der Waals surface area contributed by atoms with Gasteiger partial charge in [0.25, 0.3) is 0 Å². The zero-order valence-electron chi connectivity index (χ0n) is 11.4. The number of hydrogen-bond acceptors (Lipinski definition) is 5. The molecule has 2 atom stereocenters. The number of carbonyl (C=O) groups excluding carboxylic acids is 3. The molecule has 0 aromatic carbocycles. The molecule has 1 fully saturated rings. The van der Waals surface area contributed by atoms with Gasteiger partial charge in [-0.1, -0.05) is 19.0 Å². The van der Waals surface area contributed by atoms with E-state index in [0.29, 0.717) is 5.71 Å². The van der Waals surface area contributed by atoms with Crippen LogP contribution in [0.5, 0.6) is 0 Å². The molecule has 5 nitrogen and oxygen atoms in total. The van der Waals surface area contributed by atoms with Gasteiger partial charge in [-0.25, -0.2) is 0 Å². The van der Waals surface area contributed by atoms with Crippen LogP contribution >= 0.6 is 0 Å². The molecule has 0 heterocycles. The highest BCUT2D eigenvalue weighted by molar-refractivity contribution is 6.25. The first-order chi connectivity index (χ1) is 8.22. The molecule has 100 valence electrons. The summed E-state index contributed by atoms with van der Waals surface area (Å²) in [6.07, 6.45) is 0.199. The van der Waals surface area contributed by atoms with Gasteiger partial charge in [0.05, 0.1) is 11.6 Å². The molecule has 0 aromatic heterocycles. The van der Waals surface area contributed by atoms with Crippen molar-refractivity contribution in [3.05, 3.63) is 0 Å². The van der Waals surface area contributed by atoms with Crippen LogP contribution in [0.1, 0.15) is 34.1 Å².